The van der Waals surface area contributed by atoms with Crippen LogP contribution in [0.25, 0.3) is 10.9 Å². The van der Waals surface area contributed by atoms with Gasteiger partial charge >= 0.3 is 5.97 Å². The van der Waals surface area contributed by atoms with Gasteiger partial charge in [-0.15, -0.1) is 0 Å². The highest BCUT2D eigenvalue weighted by atomic mass is 16.5. The number of rotatable bonds is 5. The Bertz CT molecular complexity index is 883. The molecule has 28 heavy (non-hydrogen) atoms. The summed E-state index contributed by atoms with van der Waals surface area (Å²) in [4.78, 5) is 24.8. The van der Waals surface area contributed by atoms with Crippen molar-refractivity contribution in [2.45, 2.75) is 51.5 Å². The number of hydrogen-bond donors (Lipinski definition) is 2. The second kappa shape index (κ2) is 6.61. The van der Waals surface area contributed by atoms with Crippen molar-refractivity contribution in [2.24, 2.45) is 23.2 Å². The summed E-state index contributed by atoms with van der Waals surface area (Å²) < 4.78 is 5.24. The van der Waals surface area contributed by atoms with E-state index < -0.39 is 5.97 Å². The molecule has 2 N–H and O–H groups in total. The fourth-order valence-corrected chi connectivity index (χ4v) is 6.46. The summed E-state index contributed by atoms with van der Waals surface area (Å²) in [6.07, 6.45) is 7.86. The van der Waals surface area contributed by atoms with Crippen LogP contribution in [0.3, 0.4) is 0 Å². The van der Waals surface area contributed by atoms with E-state index in [4.69, 9.17) is 4.74 Å². The average Bonchev–Trinajstić information content (AvgIpc) is 3.09. The van der Waals surface area contributed by atoms with Gasteiger partial charge in [0.2, 0.25) is 0 Å². The third-order valence-corrected chi connectivity index (χ3v) is 7.38. The van der Waals surface area contributed by atoms with Crippen LogP contribution in [-0.2, 0) is 9.53 Å². The smallest absolute Gasteiger partial charge is 0.359 e. The van der Waals surface area contributed by atoms with Crippen molar-refractivity contribution in [1.82, 2.24) is 15.5 Å². The van der Waals surface area contributed by atoms with E-state index in [2.05, 4.69) is 22.4 Å². The molecular weight excluding hydrogens is 354 g/mol. The Hall–Kier alpha value is -2.37. The predicted molar refractivity (Wildman–Crippen MR) is 105 cm³/mol. The van der Waals surface area contributed by atoms with Crippen LogP contribution in [0, 0.1) is 23.2 Å². The van der Waals surface area contributed by atoms with Crippen molar-refractivity contribution in [3.05, 3.63) is 30.0 Å². The zero-order valence-electron chi connectivity index (χ0n) is 16.2. The van der Waals surface area contributed by atoms with E-state index in [1.165, 1.54) is 38.5 Å². The highest BCUT2D eigenvalue weighted by Gasteiger charge is 2.53. The van der Waals surface area contributed by atoms with Gasteiger partial charge in [-0.3, -0.25) is 9.89 Å². The third kappa shape index (κ3) is 2.99. The minimum atomic E-state index is -0.574. The maximum absolute atomic E-state index is 12.5. The summed E-state index contributed by atoms with van der Waals surface area (Å²) in [5.41, 5.74) is 1.24. The number of benzene rings is 1. The van der Waals surface area contributed by atoms with E-state index in [9.17, 15) is 9.59 Å². The van der Waals surface area contributed by atoms with Gasteiger partial charge in [-0.25, -0.2) is 4.79 Å². The number of amides is 1. The SMILES string of the molecule is C[C@@H](NC(=O)COC(=O)c1n[nH]c2ccccc12)C12CC3CC(CC(C3)C1)C2. The molecule has 0 aliphatic heterocycles. The summed E-state index contributed by atoms with van der Waals surface area (Å²) in [6.45, 7) is 1.87. The largest absolute Gasteiger partial charge is 0.451 e. The molecule has 6 rings (SSSR count). The number of hydrogen-bond acceptors (Lipinski definition) is 4. The van der Waals surface area contributed by atoms with Crippen molar-refractivity contribution < 1.29 is 14.3 Å². The molecule has 4 aliphatic rings. The van der Waals surface area contributed by atoms with E-state index in [1.54, 1.807) is 0 Å². The van der Waals surface area contributed by atoms with Gasteiger partial charge in [0, 0.05) is 11.4 Å². The van der Waals surface area contributed by atoms with E-state index in [0.717, 1.165) is 23.3 Å². The second-order valence-electron chi connectivity index (χ2n) is 9.26. The van der Waals surface area contributed by atoms with Crippen LogP contribution in [0.4, 0.5) is 0 Å². The molecule has 6 heteroatoms. The van der Waals surface area contributed by atoms with Crippen molar-refractivity contribution in [3.8, 4) is 0 Å². The van der Waals surface area contributed by atoms with Gasteiger partial charge in [0.15, 0.2) is 12.3 Å². The molecule has 1 aromatic heterocycles. The summed E-state index contributed by atoms with van der Waals surface area (Å²) in [6, 6.07) is 7.49. The lowest BCUT2D eigenvalue weighted by atomic mass is 9.48. The highest BCUT2D eigenvalue weighted by molar-refractivity contribution is 6.02. The first-order chi connectivity index (χ1) is 13.5. The van der Waals surface area contributed by atoms with Crippen LogP contribution in [0.2, 0.25) is 0 Å². The molecule has 2 aromatic rings. The number of H-pyrrole nitrogens is 1. The number of aromatic nitrogens is 2. The number of nitrogens with one attached hydrogen (secondary N) is 2. The summed E-state index contributed by atoms with van der Waals surface area (Å²) >= 11 is 0. The number of carbonyl (C=O) groups is 2. The van der Waals surface area contributed by atoms with Gasteiger partial charge in [0.05, 0.1) is 5.52 Å². The lowest BCUT2D eigenvalue weighted by Crippen LogP contribution is -2.56. The van der Waals surface area contributed by atoms with Crippen molar-refractivity contribution in [2.75, 3.05) is 6.61 Å². The molecule has 1 atom stereocenters. The zero-order chi connectivity index (χ0) is 19.3. The molecule has 4 bridgehead atoms. The fourth-order valence-electron chi connectivity index (χ4n) is 6.46. The van der Waals surface area contributed by atoms with Gasteiger partial charge in [0.25, 0.3) is 5.91 Å². The van der Waals surface area contributed by atoms with Crippen molar-refractivity contribution in [3.63, 3.8) is 0 Å². The Kier molecular flexibility index (Phi) is 4.18. The Morgan fingerprint density at radius 1 is 1.18 bits per heavy atom. The van der Waals surface area contributed by atoms with E-state index in [-0.39, 0.29) is 29.7 Å². The highest BCUT2D eigenvalue weighted by Crippen LogP contribution is 2.61. The van der Waals surface area contributed by atoms with E-state index in [0.29, 0.717) is 5.39 Å². The molecule has 1 aromatic carbocycles. The van der Waals surface area contributed by atoms with Crippen molar-refractivity contribution in [1.29, 1.82) is 0 Å². The van der Waals surface area contributed by atoms with Crippen LogP contribution >= 0.6 is 0 Å². The van der Waals surface area contributed by atoms with Crippen LogP contribution in [-0.4, -0.2) is 34.7 Å². The van der Waals surface area contributed by atoms with Gasteiger partial charge in [0.1, 0.15) is 0 Å². The average molecular weight is 381 g/mol. The van der Waals surface area contributed by atoms with Gasteiger partial charge in [-0.1, -0.05) is 18.2 Å². The monoisotopic (exact) mass is 381 g/mol. The minimum absolute atomic E-state index is 0.123. The first kappa shape index (κ1) is 17.7. The topological polar surface area (TPSA) is 84.1 Å². The number of nitrogens with zero attached hydrogens (tertiary/aromatic N) is 1. The Morgan fingerprint density at radius 3 is 2.50 bits per heavy atom. The lowest BCUT2D eigenvalue weighted by Gasteiger charge is -2.59. The van der Waals surface area contributed by atoms with Crippen molar-refractivity contribution >= 4 is 22.8 Å². The van der Waals surface area contributed by atoms with Gasteiger partial charge < -0.3 is 10.1 Å². The zero-order valence-corrected chi connectivity index (χ0v) is 16.2. The molecule has 0 unspecified atom stereocenters. The standard InChI is InChI=1S/C22H27N3O3/c1-13(22-9-14-6-15(10-22)8-16(7-14)11-22)23-19(26)12-28-21(27)20-17-4-2-3-5-18(17)24-25-20/h2-5,13-16H,6-12H2,1H3,(H,23,26)(H,24,25)/t13-,14?,15?,16?,22?/m1/s1. The van der Waals surface area contributed by atoms with Gasteiger partial charge in [-0.05, 0) is 74.7 Å². The van der Waals surface area contributed by atoms with Crippen LogP contribution in [0.15, 0.2) is 24.3 Å². The summed E-state index contributed by atoms with van der Waals surface area (Å²) in [5, 5.41) is 10.7. The molecule has 4 saturated carbocycles. The maximum atomic E-state index is 12.5. The number of carbonyl (C=O) groups excluding carboxylic acids is 2. The number of ether oxygens (including phenoxy) is 1. The fraction of sp³-hybridized carbons (Fsp3) is 0.591. The summed E-state index contributed by atoms with van der Waals surface area (Å²) in [7, 11) is 0. The molecule has 1 amide bonds. The maximum Gasteiger partial charge on any atom is 0.359 e. The Morgan fingerprint density at radius 2 is 1.82 bits per heavy atom. The quantitative estimate of drug-likeness (QED) is 0.777. The number of esters is 1. The molecule has 4 fully saturated rings. The van der Waals surface area contributed by atoms with Gasteiger partial charge in [-0.2, -0.15) is 5.10 Å². The van der Waals surface area contributed by atoms with E-state index in [1.807, 2.05) is 24.3 Å². The number of fused-ring (bicyclic) bond motifs is 1. The third-order valence-electron chi connectivity index (χ3n) is 7.38. The molecule has 6 nitrogen and oxygen atoms in total. The van der Waals surface area contributed by atoms with Crippen LogP contribution in [0.5, 0.6) is 0 Å². The van der Waals surface area contributed by atoms with Crippen LogP contribution < -0.4 is 5.32 Å². The molecular formula is C22H27N3O3. The first-order valence-corrected chi connectivity index (χ1v) is 10.4. The van der Waals surface area contributed by atoms with E-state index >= 15 is 0 Å². The first-order valence-electron chi connectivity index (χ1n) is 10.4. The lowest BCUT2D eigenvalue weighted by molar-refractivity contribution is -0.128. The Balaban J connectivity index is 1.19. The number of aromatic amines is 1. The van der Waals surface area contributed by atoms with Crippen LogP contribution in [0.1, 0.15) is 55.9 Å². The molecule has 148 valence electrons. The second-order valence-corrected chi connectivity index (χ2v) is 9.26. The number of para-hydroxylation sites is 1. The molecule has 1 heterocycles. The predicted octanol–water partition coefficient (Wildman–Crippen LogP) is 3.44. The molecule has 0 spiro atoms. The normalized spacial score (nSPS) is 31.7. The molecule has 0 radical (unpaired) electrons. The Labute approximate surface area is 164 Å². The molecule has 0 saturated heterocycles. The molecule has 4 aliphatic carbocycles. The summed E-state index contributed by atoms with van der Waals surface area (Å²) in [5.74, 6) is 1.73. The minimum Gasteiger partial charge on any atom is -0.451 e.